The summed E-state index contributed by atoms with van der Waals surface area (Å²) in [5.41, 5.74) is 0.846. The first-order valence-corrected chi connectivity index (χ1v) is 15.4. The summed E-state index contributed by atoms with van der Waals surface area (Å²) >= 11 is 8.32. The second kappa shape index (κ2) is 14.6. The smallest absolute Gasteiger partial charge is 0.305 e. The number of esters is 1. The Hall–Kier alpha value is -1.50. The summed E-state index contributed by atoms with van der Waals surface area (Å²) in [5.74, 6) is 1.34. The van der Waals surface area contributed by atoms with E-state index in [1.807, 2.05) is 12.2 Å². The van der Waals surface area contributed by atoms with Crippen molar-refractivity contribution in [2.75, 3.05) is 26.2 Å². The lowest BCUT2D eigenvalue weighted by Crippen LogP contribution is -2.38. The largest absolute Gasteiger partial charge is 0.464 e. The topological polar surface area (TPSA) is 38.8 Å². The molecule has 0 bridgehead atoms. The Labute approximate surface area is 231 Å². The molecule has 1 saturated heterocycles. The van der Waals surface area contributed by atoms with Crippen molar-refractivity contribution in [3.63, 3.8) is 0 Å². The molecule has 0 aromatic heterocycles. The van der Waals surface area contributed by atoms with E-state index in [4.69, 9.17) is 21.1 Å². The van der Waals surface area contributed by atoms with Crippen LogP contribution in [0.15, 0.2) is 57.7 Å². The maximum atomic E-state index is 13.8. The van der Waals surface area contributed by atoms with Gasteiger partial charge in [-0.1, -0.05) is 63.1 Å². The van der Waals surface area contributed by atoms with Gasteiger partial charge in [0, 0.05) is 34.4 Å². The molecule has 2 heterocycles. The number of hydrogen-bond donors (Lipinski definition) is 0. The number of unbranched alkanes of at least 4 members (excludes halogenated alkanes) is 6. The summed E-state index contributed by atoms with van der Waals surface area (Å²) in [7, 11) is 0. The third-order valence-corrected chi connectivity index (χ3v) is 9.48. The lowest BCUT2D eigenvalue weighted by atomic mass is 9.80. The Balaban J connectivity index is 1.18. The molecule has 0 radical (unpaired) electrons. The van der Waals surface area contributed by atoms with Gasteiger partial charge in [-0.2, -0.15) is 0 Å². The summed E-state index contributed by atoms with van der Waals surface area (Å²) in [6.45, 7) is 5.49. The van der Waals surface area contributed by atoms with Crippen LogP contribution in [0.5, 0.6) is 0 Å². The molecule has 0 amide bonds. The third kappa shape index (κ3) is 8.49. The van der Waals surface area contributed by atoms with Crippen molar-refractivity contribution in [2.24, 2.45) is 11.8 Å². The van der Waals surface area contributed by atoms with Gasteiger partial charge in [0.05, 0.1) is 11.5 Å². The number of allylic oxidation sites excluding steroid dienone is 6. The zero-order chi connectivity index (χ0) is 26.0. The number of hydrogen-bond acceptors (Lipinski definition) is 5. The molecule has 0 aromatic rings. The van der Waals surface area contributed by atoms with Crippen LogP contribution in [0.2, 0.25) is 0 Å². The van der Waals surface area contributed by atoms with Gasteiger partial charge in [0.25, 0.3) is 0 Å². The van der Waals surface area contributed by atoms with Gasteiger partial charge < -0.3 is 9.47 Å². The monoisotopic (exact) mass is 549 g/mol. The number of ether oxygens (including phenoxy) is 2. The van der Waals surface area contributed by atoms with E-state index in [2.05, 4.69) is 11.8 Å². The minimum Gasteiger partial charge on any atom is -0.464 e. The maximum absolute atomic E-state index is 13.8. The lowest BCUT2D eigenvalue weighted by Gasteiger charge is -2.38. The Morgan fingerprint density at radius 1 is 1.16 bits per heavy atom. The summed E-state index contributed by atoms with van der Waals surface area (Å²) in [5, 5.41) is 0.885. The second-order valence-corrected chi connectivity index (χ2v) is 12.2. The molecule has 4 rings (SSSR count). The highest BCUT2D eigenvalue weighted by molar-refractivity contribution is 8.04. The molecular formula is C30H41ClFNO3S. The molecular weight excluding hydrogens is 509 g/mol. The fraction of sp³-hybridized carbons (Fsp3) is 0.633. The molecule has 2 aliphatic carbocycles. The van der Waals surface area contributed by atoms with Crippen molar-refractivity contribution < 1.29 is 18.7 Å². The summed E-state index contributed by atoms with van der Waals surface area (Å²) < 4.78 is 25.3. The van der Waals surface area contributed by atoms with E-state index >= 15 is 0 Å². The van der Waals surface area contributed by atoms with Gasteiger partial charge in [0.1, 0.15) is 18.2 Å². The molecule has 0 aromatic carbocycles. The zero-order valence-corrected chi connectivity index (χ0v) is 23.6. The Kier molecular flexibility index (Phi) is 11.2. The predicted molar refractivity (Wildman–Crippen MR) is 151 cm³/mol. The van der Waals surface area contributed by atoms with Crippen LogP contribution in [0.4, 0.5) is 4.39 Å². The zero-order valence-electron chi connectivity index (χ0n) is 22.1. The average Bonchev–Trinajstić information content (AvgIpc) is 3.07. The quantitative estimate of drug-likeness (QED) is 0.181. The van der Waals surface area contributed by atoms with Gasteiger partial charge in [-0.25, -0.2) is 4.39 Å². The van der Waals surface area contributed by atoms with Crippen molar-refractivity contribution in [3.8, 4) is 0 Å². The van der Waals surface area contributed by atoms with Gasteiger partial charge in [-0.15, -0.1) is 11.8 Å². The number of likely N-dealkylation sites (tertiary alicyclic amines) is 1. The fourth-order valence-corrected chi connectivity index (χ4v) is 7.23. The molecule has 7 heteroatoms. The first-order chi connectivity index (χ1) is 18.0. The Morgan fingerprint density at radius 2 is 1.92 bits per heavy atom. The van der Waals surface area contributed by atoms with Gasteiger partial charge in [0.15, 0.2) is 0 Å². The van der Waals surface area contributed by atoms with E-state index < -0.39 is 0 Å². The molecule has 0 saturated carbocycles. The first-order valence-electron chi connectivity index (χ1n) is 14.1. The van der Waals surface area contributed by atoms with Crippen molar-refractivity contribution in [1.29, 1.82) is 0 Å². The highest BCUT2D eigenvalue weighted by Gasteiger charge is 2.36. The summed E-state index contributed by atoms with van der Waals surface area (Å²) in [6, 6.07) is 0. The number of halogens is 2. The summed E-state index contributed by atoms with van der Waals surface area (Å²) in [6.07, 6.45) is 20.6. The van der Waals surface area contributed by atoms with Crippen molar-refractivity contribution in [3.05, 3.63) is 57.7 Å². The normalized spacial score (nSPS) is 24.4. The van der Waals surface area contributed by atoms with Crippen LogP contribution in [0.3, 0.4) is 0 Å². The number of rotatable bonds is 12. The number of nitrogens with zero attached hydrogens (tertiary/aromatic N) is 1. The third-order valence-electron chi connectivity index (χ3n) is 7.78. The average molecular weight is 550 g/mol. The van der Waals surface area contributed by atoms with E-state index in [0.29, 0.717) is 24.9 Å². The molecule has 2 atom stereocenters. The van der Waals surface area contributed by atoms with Gasteiger partial charge in [-0.3, -0.25) is 9.69 Å². The van der Waals surface area contributed by atoms with E-state index in [0.717, 1.165) is 68.1 Å². The number of carbonyl (C=O) groups excluding carboxylic acids is 1. The van der Waals surface area contributed by atoms with Crippen LogP contribution in [-0.4, -0.2) is 42.4 Å². The van der Waals surface area contributed by atoms with Crippen molar-refractivity contribution >= 4 is 29.3 Å². The molecule has 4 nitrogen and oxygen atoms in total. The van der Waals surface area contributed by atoms with E-state index in [9.17, 15) is 9.18 Å². The van der Waals surface area contributed by atoms with Gasteiger partial charge >= 0.3 is 5.97 Å². The highest BCUT2D eigenvalue weighted by Crippen LogP contribution is 2.49. The lowest BCUT2D eigenvalue weighted by molar-refractivity contribution is -0.144. The molecule has 0 spiro atoms. The molecule has 204 valence electrons. The van der Waals surface area contributed by atoms with Gasteiger partial charge in [0.2, 0.25) is 0 Å². The Bertz CT molecular complexity index is 948. The SMILES string of the molecule is CCCCCCCCCC(=O)OCCN1CCC(C2CC(Cl)=CC3=C2SC2C=CC(F)=CC2=CO3)CC1. The predicted octanol–water partition coefficient (Wildman–Crippen LogP) is 8.18. The first kappa shape index (κ1) is 28.5. The van der Waals surface area contributed by atoms with E-state index in [1.165, 1.54) is 37.0 Å². The van der Waals surface area contributed by atoms with Gasteiger partial charge in [-0.05, 0) is 62.9 Å². The molecule has 2 aliphatic heterocycles. The molecule has 1 fully saturated rings. The molecule has 37 heavy (non-hydrogen) atoms. The van der Waals surface area contributed by atoms with Crippen LogP contribution in [0, 0.1) is 11.8 Å². The second-order valence-electron chi connectivity index (χ2n) is 10.6. The number of piperidine rings is 1. The van der Waals surface area contributed by atoms with Crippen LogP contribution < -0.4 is 0 Å². The number of fused-ring (bicyclic) bond motifs is 1. The number of thioether (sulfide) groups is 1. The van der Waals surface area contributed by atoms with Crippen LogP contribution in [0.25, 0.3) is 0 Å². The highest BCUT2D eigenvalue weighted by atomic mass is 35.5. The fourth-order valence-electron chi connectivity index (χ4n) is 5.60. The van der Waals surface area contributed by atoms with E-state index in [-0.39, 0.29) is 17.0 Å². The molecule has 0 N–H and O–H groups in total. The van der Waals surface area contributed by atoms with Crippen LogP contribution in [-0.2, 0) is 14.3 Å². The summed E-state index contributed by atoms with van der Waals surface area (Å²) in [4.78, 5) is 15.7. The van der Waals surface area contributed by atoms with Crippen LogP contribution >= 0.6 is 23.4 Å². The number of carbonyl (C=O) groups is 1. The van der Waals surface area contributed by atoms with Crippen LogP contribution in [0.1, 0.15) is 77.6 Å². The minimum atomic E-state index is -0.243. The minimum absolute atomic E-state index is 0.0589. The Morgan fingerprint density at radius 3 is 2.70 bits per heavy atom. The maximum Gasteiger partial charge on any atom is 0.305 e. The van der Waals surface area contributed by atoms with Crippen molar-refractivity contribution in [1.82, 2.24) is 4.90 Å². The van der Waals surface area contributed by atoms with E-state index in [1.54, 1.807) is 30.2 Å². The molecule has 4 aliphatic rings. The standard InChI is InChI=1S/C30H41ClFNO3S/c1-2-3-4-5-6-7-8-9-29(34)35-17-16-33-14-12-22(13-15-33)26-19-24(31)20-27-30(26)37-28-11-10-25(32)18-23(28)21-36-27/h10-11,18,20-22,26,28H,2-9,12-17,19H2,1H3. The van der Waals surface area contributed by atoms with Crippen molar-refractivity contribution in [2.45, 2.75) is 82.8 Å². The molecule has 2 unspecified atom stereocenters.